The monoisotopic (exact) mass is 339 g/mol. The molecule has 2 aromatic rings. The van der Waals surface area contributed by atoms with Crippen LogP contribution in [0, 0.1) is 19.8 Å². The van der Waals surface area contributed by atoms with Crippen molar-refractivity contribution in [1.29, 1.82) is 0 Å². The van der Waals surface area contributed by atoms with Gasteiger partial charge >= 0.3 is 0 Å². The Labute approximate surface area is 147 Å². The summed E-state index contributed by atoms with van der Waals surface area (Å²) in [5.74, 6) is 0.621. The average molecular weight is 339 g/mol. The number of H-pyrrole nitrogens is 1. The third-order valence-corrected chi connectivity index (χ3v) is 5.37. The number of pyridine rings is 1. The Hall–Kier alpha value is -2.14. The molecule has 2 aliphatic rings. The van der Waals surface area contributed by atoms with Gasteiger partial charge in [0, 0.05) is 44.2 Å². The third kappa shape index (κ3) is 3.33. The van der Waals surface area contributed by atoms with Crippen molar-refractivity contribution in [2.24, 2.45) is 5.92 Å². The van der Waals surface area contributed by atoms with Gasteiger partial charge in [0.1, 0.15) is 0 Å². The number of nitrogens with zero attached hydrogens (tertiary/aromatic N) is 2. The number of hydrogen-bond acceptors (Lipinski definition) is 3. The molecule has 1 saturated heterocycles. The van der Waals surface area contributed by atoms with Crippen LogP contribution in [0.3, 0.4) is 0 Å². The van der Waals surface area contributed by atoms with E-state index in [0.29, 0.717) is 18.4 Å². The zero-order valence-electron chi connectivity index (χ0n) is 15.0. The molecule has 0 atom stereocenters. The fourth-order valence-electron chi connectivity index (χ4n) is 3.81. The lowest BCUT2D eigenvalue weighted by Crippen LogP contribution is -2.49. The molecule has 2 heterocycles. The number of fused-ring (bicyclic) bond motifs is 1. The second-order valence-corrected chi connectivity index (χ2v) is 7.55. The van der Waals surface area contributed by atoms with E-state index in [4.69, 9.17) is 0 Å². The fourth-order valence-corrected chi connectivity index (χ4v) is 3.81. The second kappa shape index (κ2) is 6.30. The van der Waals surface area contributed by atoms with Crippen LogP contribution in [-0.4, -0.2) is 46.9 Å². The Bertz CT molecular complexity index is 874. The highest BCUT2D eigenvalue weighted by molar-refractivity contribution is 5.83. The van der Waals surface area contributed by atoms with Gasteiger partial charge in [-0.05, 0) is 49.8 Å². The molecule has 4 rings (SSSR count). The molecular formula is C20H25N3O2. The number of amides is 1. The standard InChI is InChI=1S/C20H25N3O2/c1-13-9-14(2)18-16(10-13)11-17(19(24)21-18)12-22-5-7-23(8-6-22)20(25)15-3-4-15/h9-11,15H,3-8,12H2,1-2H3,(H,21,24). The summed E-state index contributed by atoms with van der Waals surface area (Å²) in [5, 5.41) is 1.09. The molecular weight excluding hydrogens is 314 g/mol. The van der Waals surface area contributed by atoms with Crippen LogP contribution in [0.2, 0.25) is 0 Å². The highest BCUT2D eigenvalue weighted by atomic mass is 16.2. The van der Waals surface area contributed by atoms with Crippen LogP contribution < -0.4 is 5.56 Å². The zero-order chi connectivity index (χ0) is 17.6. The number of aromatic amines is 1. The maximum absolute atomic E-state index is 12.5. The van der Waals surface area contributed by atoms with Crippen LogP contribution >= 0.6 is 0 Å². The largest absolute Gasteiger partial charge is 0.340 e. The van der Waals surface area contributed by atoms with Gasteiger partial charge in [0.15, 0.2) is 0 Å². The molecule has 1 aliphatic carbocycles. The highest BCUT2D eigenvalue weighted by Gasteiger charge is 2.34. The number of carbonyl (C=O) groups excluding carboxylic acids is 1. The molecule has 0 radical (unpaired) electrons. The van der Waals surface area contributed by atoms with E-state index >= 15 is 0 Å². The van der Waals surface area contributed by atoms with Gasteiger partial charge in [-0.2, -0.15) is 0 Å². The van der Waals surface area contributed by atoms with Crippen LogP contribution in [-0.2, 0) is 11.3 Å². The Morgan fingerprint density at radius 2 is 1.84 bits per heavy atom. The molecule has 1 aliphatic heterocycles. The molecule has 2 fully saturated rings. The van der Waals surface area contributed by atoms with Crippen molar-refractivity contribution in [3.63, 3.8) is 0 Å². The van der Waals surface area contributed by atoms with Gasteiger partial charge in [-0.3, -0.25) is 14.5 Å². The minimum absolute atomic E-state index is 0.00376. The van der Waals surface area contributed by atoms with E-state index in [0.717, 1.165) is 61.1 Å². The summed E-state index contributed by atoms with van der Waals surface area (Å²) in [6.45, 7) is 7.97. The zero-order valence-corrected chi connectivity index (χ0v) is 15.0. The maximum atomic E-state index is 12.5. The number of rotatable bonds is 3. The summed E-state index contributed by atoms with van der Waals surface area (Å²) in [6, 6.07) is 6.23. The summed E-state index contributed by atoms with van der Waals surface area (Å²) in [6.07, 6.45) is 2.12. The molecule has 132 valence electrons. The third-order valence-electron chi connectivity index (χ3n) is 5.37. The van der Waals surface area contributed by atoms with E-state index in [1.54, 1.807) is 0 Å². The average Bonchev–Trinajstić information content (AvgIpc) is 3.41. The summed E-state index contributed by atoms with van der Waals surface area (Å²) >= 11 is 0. The predicted octanol–water partition coefficient (Wildman–Crippen LogP) is 2.20. The Morgan fingerprint density at radius 1 is 1.12 bits per heavy atom. The molecule has 0 spiro atoms. The van der Waals surface area contributed by atoms with E-state index in [2.05, 4.69) is 28.9 Å². The number of hydrogen-bond donors (Lipinski definition) is 1. The van der Waals surface area contributed by atoms with Gasteiger partial charge in [0.25, 0.3) is 5.56 Å². The van der Waals surface area contributed by atoms with Crippen molar-refractivity contribution in [3.8, 4) is 0 Å². The van der Waals surface area contributed by atoms with Gasteiger partial charge in [0.05, 0.1) is 5.52 Å². The normalized spacial score (nSPS) is 18.7. The lowest BCUT2D eigenvalue weighted by molar-refractivity contribution is -0.134. The lowest BCUT2D eigenvalue weighted by Gasteiger charge is -2.34. The predicted molar refractivity (Wildman–Crippen MR) is 98.6 cm³/mol. The van der Waals surface area contributed by atoms with E-state index in [1.807, 2.05) is 17.9 Å². The second-order valence-electron chi connectivity index (χ2n) is 7.55. The first-order valence-corrected chi connectivity index (χ1v) is 9.15. The van der Waals surface area contributed by atoms with Crippen molar-refractivity contribution in [2.75, 3.05) is 26.2 Å². The van der Waals surface area contributed by atoms with Crippen LogP contribution in [0.25, 0.3) is 10.9 Å². The van der Waals surface area contributed by atoms with Crippen molar-refractivity contribution < 1.29 is 4.79 Å². The Kier molecular flexibility index (Phi) is 4.12. The number of aromatic nitrogens is 1. The summed E-state index contributed by atoms with van der Waals surface area (Å²) in [4.78, 5) is 31.9. The lowest BCUT2D eigenvalue weighted by atomic mass is 10.0. The Morgan fingerprint density at radius 3 is 2.52 bits per heavy atom. The van der Waals surface area contributed by atoms with Crippen molar-refractivity contribution in [2.45, 2.75) is 33.2 Å². The minimum atomic E-state index is -0.00376. The van der Waals surface area contributed by atoms with Crippen molar-refractivity contribution in [1.82, 2.24) is 14.8 Å². The number of piperazine rings is 1. The maximum Gasteiger partial charge on any atom is 0.252 e. The summed E-state index contributed by atoms with van der Waals surface area (Å²) in [7, 11) is 0. The molecule has 1 N–H and O–H groups in total. The fraction of sp³-hybridized carbons (Fsp3) is 0.500. The van der Waals surface area contributed by atoms with Crippen LogP contribution in [0.5, 0.6) is 0 Å². The van der Waals surface area contributed by atoms with E-state index in [9.17, 15) is 9.59 Å². The smallest absolute Gasteiger partial charge is 0.252 e. The molecule has 1 saturated carbocycles. The SMILES string of the molecule is Cc1cc(C)c2[nH]c(=O)c(CN3CCN(C(=O)C4CC4)CC3)cc2c1. The number of carbonyl (C=O) groups is 1. The van der Waals surface area contributed by atoms with Crippen LogP contribution in [0.4, 0.5) is 0 Å². The van der Waals surface area contributed by atoms with E-state index < -0.39 is 0 Å². The summed E-state index contributed by atoms with van der Waals surface area (Å²) < 4.78 is 0. The van der Waals surface area contributed by atoms with Crippen molar-refractivity contribution in [3.05, 3.63) is 45.2 Å². The van der Waals surface area contributed by atoms with E-state index in [1.165, 1.54) is 5.56 Å². The first kappa shape index (κ1) is 16.3. The molecule has 1 aromatic heterocycles. The van der Waals surface area contributed by atoms with Crippen LogP contribution in [0.15, 0.2) is 23.0 Å². The van der Waals surface area contributed by atoms with Gasteiger partial charge < -0.3 is 9.88 Å². The molecule has 5 nitrogen and oxygen atoms in total. The first-order valence-electron chi connectivity index (χ1n) is 9.15. The van der Waals surface area contributed by atoms with Gasteiger partial charge in [-0.15, -0.1) is 0 Å². The number of aryl methyl sites for hydroxylation is 2. The first-order chi connectivity index (χ1) is 12.0. The molecule has 1 aromatic carbocycles. The van der Waals surface area contributed by atoms with Gasteiger partial charge in [-0.1, -0.05) is 11.6 Å². The summed E-state index contributed by atoms with van der Waals surface area (Å²) in [5.41, 5.74) is 4.04. The molecule has 0 unspecified atom stereocenters. The molecule has 0 bridgehead atoms. The van der Waals surface area contributed by atoms with Crippen molar-refractivity contribution >= 4 is 16.8 Å². The quantitative estimate of drug-likeness (QED) is 0.933. The van der Waals surface area contributed by atoms with E-state index in [-0.39, 0.29) is 5.56 Å². The van der Waals surface area contributed by atoms with Gasteiger partial charge in [-0.25, -0.2) is 0 Å². The van der Waals surface area contributed by atoms with Gasteiger partial charge in [0.2, 0.25) is 5.91 Å². The molecule has 5 heteroatoms. The highest BCUT2D eigenvalue weighted by Crippen LogP contribution is 2.31. The topological polar surface area (TPSA) is 56.4 Å². The number of nitrogens with one attached hydrogen (secondary N) is 1. The Balaban J connectivity index is 1.48. The molecule has 1 amide bonds. The van der Waals surface area contributed by atoms with Crippen LogP contribution in [0.1, 0.15) is 29.5 Å². The number of benzene rings is 1. The minimum Gasteiger partial charge on any atom is -0.340 e. The molecule has 25 heavy (non-hydrogen) atoms.